The van der Waals surface area contributed by atoms with Gasteiger partial charge in [-0.15, -0.1) is 0 Å². The standard InChI is InChI=1S/C30H16F4N2/c31-17-4-8-27-23(12-17)24-13-18(32)5-9-28(24)35(27)21-2-1-3-22(16-21)36-29-10-6-19(33)14-25(29)26-15-20(34)7-11-30(26)36/h1-16H. The van der Waals surface area contributed by atoms with Crippen molar-refractivity contribution in [3.63, 3.8) is 0 Å². The maximum Gasteiger partial charge on any atom is 0.123 e. The molecule has 0 amide bonds. The van der Waals surface area contributed by atoms with Crippen molar-refractivity contribution in [1.29, 1.82) is 0 Å². The summed E-state index contributed by atoms with van der Waals surface area (Å²) in [5.74, 6) is -1.60. The quantitative estimate of drug-likeness (QED) is 0.220. The van der Waals surface area contributed by atoms with Crippen LogP contribution in [0.3, 0.4) is 0 Å². The summed E-state index contributed by atoms with van der Waals surface area (Å²) in [6.07, 6.45) is 0. The van der Waals surface area contributed by atoms with Crippen molar-refractivity contribution in [3.05, 3.63) is 120 Å². The second-order valence-corrected chi connectivity index (χ2v) is 8.84. The maximum atomic E-state index is 14.1. The largest absolute Gasteiger partial charge is 0.309 e. The molecule has 174 valence electrons. The van der Waals surface area contributed by atoms with Gasteiger partial charge in [0.1, 0.15) is 23.3 Å². The highest BCUT2D eigenvalue weighted by Gasteiger charge is 2.17. The Labute approximate surface area is 202 Å². The van der Waals surface area contributed by atoms with Crippen molar-refractivity contribution >= 4 is 43.6 Å². The smallest absolute Gasteiger partial charge is 0.123 e. The van der Waals surface area contributed by atoms with Crippen LogP contribution < -0.4 is 0 Å². The van der Waals surface area contributed by atoms with E-state index in [0.717, 1.165) is 33.4 Å². The fraction of sp³-hybridized carbons (Fsp3) is 0. The van der Waals surface area contributed by atoms with Gasteiger partial charge in [-0.2, -0.15) is 0 Å². The number of halogens is 4. The Balaban J connectivity index is 1.54. The fourth-order valence-electron chi connectivity index (χ4n) is 5.26. The van der Waals surface area contributed by atoms with Crippen LogP contribution in [0.2, 0.25) is 0 Å². The molecule has 0 spiro atoms. The summed E-state index contributed by atoms with van der Waals surface area (Å²) in [6.45, 7) is 0. The molecule has 36 heavy (non-hydrogen) atoms. The molecular formula is C30H16F4N2. The molecule has 0 saturated heterocycles. The molecular weight excluding hydrogens is 464 g/mol. The molecule has 7 aromatic rings. The molecule has 0 atom stereocenters. The van der Waals surface area contributed by atoms with E-state index in [-0.39, 0.29) is 0 Å². The van der Waals surface area contributed by atoms with Crippen molar-refractivity contribution in [1.82, 2.24) is 9.13 Å². The van der Waals surface area contributed by atoms with Crippen LogP contribution in [0, 0.1) is 23.3 Å². The lowest BCUT2D eigenvalue weighted by Crippen LogP contribution is -1.98. The summed E-state index contributed by atoms with van der Waals surface area (Å²) in [7, 11) is 0. The number of hydrogen-bond donors (Lipinski definition) is 0. The molecule has 0 saturated carbocycles. The molecule has 2 heterocycles. The monoisotopic (exact) mass is 480 g/mol. The highest BCUT2D eigenvalue weighted by atomic mass is 19.1. The lowest BCUT2D eigenvalue weighted by Gasteiger charge is -2.13. The second kappa shape index (κ2) is 7.46. The molecule has 7 rings (SSSR count). The number of fused-ring (bicyclic) bond motifs is 6. The first-order valence-electron chi connectivity index (χ1n) is 11.4. The fourth-order valence-corrected chi connectivity index (χ4v) is 5.26. The molecule has 0 bridgehead atoms. The van der Waals surface area contributed by atoms with Gasteiger partial charge in [0.15, 0.2) is 0 Å². The predicted molar refractivity (Wildman–Crippen MR) is 135 cm³/mol. The topological polar surface area (TPSA) is 9.86 Å². The minimum absolute atomic E-state index is 0.399. The van der Waals surface area contributed by atoms with E-state index in [1.54, 1.807) is 24.3 Å². The SMILES string of the molecule is Fc1ccc2c(c1)c1cc(F)ccc1n2-c1cccc(-n2c3ccc(F)cc3c3cc(F)ccc32)c1. The Morgan fingerprint density at radius 1 is 0.361 bits per heavy atom. The Morgan fingerprint density at radius 2 is 0.667 bits per heavy atom. The van der Waals surface area contributed by atoms with Crippen LogP contribution in [0.1, 0.15) is 0 Å². The molecule has 5 aromatic carbocycles. The summed E-state index contributed by atoms with van der Waals surface area (Å²) < 4.78 is 60.4. The zero-order chi connectivity index (χ0) is 24.6. The maximum absolute atomic E-state index is 14.1. The number of hydrogen-bond acceptors (Lipinski definition) is 0. The lowest BCUT2D eigenvalue weighted by atomic mass is 10.1. The third-order valence-corrected chi connectivity index (χ3v) is 6.72. The van der Waals surface area contributed by atoms with Gasteiger partial charge in [-0.25, -0.2) is 17.6 Å². The van der Waals surface area contributed by atoms with Gasteiger partial charge < -0.3 is 9.13 Å². The van der Waals surface area contributed by atoms with Gasteiger partial charge in [0, 0.05) is 32.9 Å². The van der Waals surface area contributed by atoms with Crippen LogP contribution in [0.4, 0.5) is 17.6 Å². The Kier molecular flexibility index (Phi) is 4.30. The van der Waals surface area contributed by atoms with Gasteiger partial charge in [0.25, 0.3) is 0 Å². The minimum atomic E-state index is -0.399. The molecule has 0 fully saturated rings. The summed E-state index contributed by atoms with van der Waals surface area (Å²) >= 11 is 0. The van der Waals surface area contributed by atoms with E-state index >= 15 is 0 Å². The van der Waals surface area contributed by atoms with Gasteiger partial charge in [-0.1, -0.05) is 6.07 Å². The van der Waals surface area contributed by atoms with Crippen molar-refractivity contribution in [2.75, 3.05) is 0 Å². The number of aromatic nitrogens is 2. The van der Waals surface area contributed by atoms with E-state index < -0.39 is 23.3 Å². The number of benzene rings is 5. The van der Waals surface area contributed by atoms with Gasteiger partial charge in [0.05, 0.1) is 22.1 Å². The Hall–Kier alpha value is -4.58. The summed E-state index contributed by atoms with van der Waals surface area (Å²) in [5.41, 5.74) is 4.51. The predicted octanol–water partition coefficient (Wildman–Crippen LogP) is 8.44. The molecule has 2 nitrogen and oxygen atoms in total. The number of nitrogens with zero attached hydrogens (tertiary/aromatic N) is 2. The minimum Gasteiger partial charge on any atom is -0.309 e. The van der Waals surface area contributed by atoms with Crippen molar-refractivity contribution < 1.29 is 17.6 Å². The van der Waals surface area contributed by atoms with Crippen LogP contribution in [0.15, 0.2) is 97.1 Å². The van der Waals surface area contributed by atoms with Crippen LogP contribution in [0.5, 0.6) is 0 Å². The third-order valence-electron chi connectivity index (χ3n) is 6.72. The van der Waals surface area contributed by atoms with Crippen LogP contribution in [-0.4, -0.2) is 9.13 Å². The van der Waals surface area contributed by atoms with Crippen LogP contribution in [-0.2, 0) is 0 Å². The van der Waals surface area contributed by atoms with E-state index in [2.05, 4.69) is 0 Å². The first-order valence-corrected chi connectivity index (χ1v) is 11.4. The van der Waals surface area contributed by atoms with E-state index in [1.165, 1.54) is 48.5 Å². The van der Waals surface area contributed by atoms with E-state index in [0.29, 0.717) is 21.5 Å². The van der Waals surface area contributed by atoms with Gasteiger partial charge in [0.2, 0.25) is 0 Å². The van der Waals surface area contributed by atoms with Crippen molar-refractivity contribution in [3.8, 4) is 11.4 Å². The molecule has 2 aromatic heterocycles. The molecule has 0 aliphatic carbocycles. The van der Waals surface area contributed by atoms with Gasteiger partial charge in [-0.3, -0.25) is 0 Å². The van der Waals surface area contributed by atoms with Crippen molar-refractivity contribution in [2.24, 2.45) is 0 Å². The molecule has 0 aliphatic heterocycles. The molecule has 0 unspecified atom stereocenters. The summed E-state index contributed by atoms with van der Waals surface area (Å²) in [4.78, 5) is 0. The molecule has 6 heteroatoms. The first-order chi connectivity index (χ1) is 17.5. The zero-order valence-corrected chi connectivity index (χ0v) is 18.6. The van der Waals surface area contributed by atoms with Gasteiger partial charge >= 0.3 is 0 Å². The Bertz CT molecular complexity index is 1740. The van der Waals surface area contributed by atoms with Crippen LogP contribution in [0.25, 0.3) is 55.0 Å². The number of rotatable bonds is 2. The normalized spacial score (nSPS) is 11.9. The van der Waals surface area contributed by atoms with E-state index in [9.17, 15) is 17.6 Å². The lowest BCUT2D eigenvalue weighted by molar-refractivity contribution is 0.628. The first kappa shape index (κ1) is 20.8. The molecule has 0 radical (unpaired) electrons. The van der Waals surface area contributed by atoms with Crippen molar-refractivity contribution in [2.45, 2.75) is 0 Å². The van der Waals surface area contributed by atoms with Crippen LogP contribution >= 0.6 is 0 Å². The Morgan fingerprint density at radius 3 is 0.972 bits per heavy atom. The third kappa shape index (κ3) is 2.97. The average Bonchev–Trinajstić information content (AvgIpc) is 3.35. The van der Waals surface area contributed by atoms with Gasteiger partial charge in [-0.05, 0) is 91.0 Å². The highest BCUT2D eigenvalue weighted by molar-refractivity contribution is 6.10. The summed E-state index contributed by atoms with van der Waals surface area (Å²) in [6, 6.07) is 25.6. The summed E-state index contributed by atoms with van der Waals surface area (Å²) in [5, 5.41) is 2.44. The molecule has 0 aliphatic rings. The average molecular weight is 480 g/mol. The second-order valence-electron chi connectivity index (χ2n) is 8.84. The van der Waals surface area contributed by atoms with E-state index in [4.69, 9.17) is 0 Å². The molecule has 0 N–H and O–H groups in total. The zero-order valence-electron chi connectivity index (χ0n) is 18.6. The van der Waals surface area contributed by atoms with E-state index in [1.807, 2.05) is 33.4 Å². The highest BCUT2D eigenvalue weighted by Crippen LogP contribution is 2.36.